The number of aryl methyl sites for hydroxylation is 1. The molecule has 17 heavy (non-hydrogen) atoms. The topological polar surface area (TPSA) is 0 Å². The molecule has 0 spiro atoms. The summed E-state index contributed by atoms with van der Waals surface area (Å²) in [5, 5.41) is 0. The monoisotopic (exact) mass is 585 g/mol. The Balaban J connectivity index is 2.43. The maximum Gasteiger partial charge on any atom is 0.163 e. The van der Waals surface area contributed by atoms with Gasteiger partial charge in [-0.05, 0) is 94.0 Å². The molecule has 1 saturated heterocycles. The lowest BCUT2D eigenvalue weighted by Gasteiger charge is -2.21. The van der Waals surface area contributed by atoms with Crippen molar-refractivity contribution in [3.8, 4) is 0 Å². The Morgan fingerprint density at radius 3 is 2.29 bits per heavy atom. The predicted octanol–water partition coefficient (Wildman–Crippen LogP) is 5.57. The van der Waals surface area contributed by atoms with E-state index in [1.165, 1.54) is 36.3 Å². The van der Waals surface area contributed by atoms with Crippen LogP contribution in [0.25, 0.3) is 0 Å². The summed E-state index contributed by atoms with van der Waals surface area (Å²) in [6.45, 7) is 2.29. The second-order valence-corrected chi connectivity index (χ2v) is 17.7. The van der Waals surface area contributed by atoms with Gasteiger partial charge in [-0.2, -0.15) is 0 Å². The van der Waals surface area contributed by atoms with Crippen LogP contribution in [0, 0.1) is 6.92 Å². The van der Waals surface area contributed by atoms with Crippen LogP contribution in [-0.2, 0) is 10.3 Å². The minimum absolute atomic E-state index is 0.194. The zero-order chi connectivity index (χ0) is 12.5. The minimum Gasteiger partial charge on any atom is -0.0613 e. The van der Waals surface area contributed by atoms with Gasteiger partial charge in [0.25, 0.3) is 0 Å². The van der Waals surface area contributed by atoms with Crippen LogP contribution < -0.4 is 0 Å². The molecule has 0 amide bonds. The number of hydrogen-bond donors (Lipinski definition) is 0. The molecular weight excluding hydrogens is 569 g/mol. The number of alkyl halides is 3. The van der Waals surface area contributed by atoms with Crippen molar-refractivity contribution >= 4 is 78.7 Å². The Labute approximate surface area is 148 Å². The zero-order valence-electron chi connectivity index (χ0n) is 9.81. The first-order valence-electron chi connectivity index (χ1n) is 5.84. The molecular formula is C13H16I3S+. The third kappa shape index (κ3) is 3.87. The molecule has 0 aromatic heterocycles. The minimum atomic E-state index is 0.194. The number of benzene rings is 1. The first-order chi connectivity index (χ1) is 8.00. The Morgan fingerprint density at radius 2 is 1.71 bits per heavy atom. The summed E-state index contributed by atoms with van der Waals surface area (Å²) in [5.74, 6) is 2.83. The van der Waals surface area contributed by atoms with E-state index in [-0.39, 0.29) is -0.565 Å². The maximum atomic E-state index is 2.56. The molecule has 94 valence electrons. The largest absolute Gasteiger partial charge is 0.163 e. The van der Waals surface area contributed by atoms with E-state index in [4.69, 9.17) is 0 Å². The molecule has 1 aromatic carbocycles. The van der Waals surface area contributed by atoms with Crippen molar-refractivity contribution in [2.24, 2.45) is 0 Å². The van der Waals surface area contributed by atoms with Gasteiger partial charge in [-0.1, -0.05) is 18.2 Å². The molecule has 1 fully saturated rings. The van der Waals surface area contributed by atoms with Gasteiger partial charge in [0, 0.05) is 22.0 Å². The van der Waals surface area contributed by atoms with E-state index in [0.29, 0.717) is 10.9 Å². The van der Waals surface area contributed by atoms with Gasteiger partial charge in [0.05, 0.1) is 0 Å². The van der Waals surface area contributed by atoms with Gasteiger partial charge in [-0.3, -0.25) is 0 Å². The van der Waals surface area contributed by atoms with Gasteiger partial charge in [0.1, 0.15) is 11.5 Å². The summed E-state index contributed by atoms with van der Waals surface area (Å²) in [6.07, 6.45) is 4.29. The first kappa shape index (κ1) is 15.2. The lowest BCUT2D eigenvalue weighted by Crippen LogP contribution is -2.21. The fraction of sp³-hybridized carbons (Fsp3) is 0.538. The number of hydrogen-bond acceptors (Lipinski definition) is 0. The summed E-state index contributed by atoms with van der Waals surface area (Å²) in [7, 11) is 0.508. The Hall–Kier alpha value is 1.76. The van der Waals surface area contributed by atoms with Gasteiger partial charge < -0.3 is 0 Å². The van der Waals surface area contributed by atoms with E-state index in [1.807, 2.05) is 0 Å². The normalized spacial score (nSPS) is 18.4. The van der Waals surface area contributed by atoms with Gasteiger partial charge in [0.15, 0.2) is 4.33 Å². The van der Waals surface area contributed by atoms with E-state index < -0.39 is 0 Å². The van der Waals surface area contributed by atoms with Crippen molar-refractivity contribution < 1.29 is 0 Å². The standard InChI is InChI=1S/C13H16I3S/c1-10-6-5-7-11(13(14,15)16)12(10)17-8-3-2-4-9-17/h5-7H,2-4,8-9H2,1H3/q+1. The summed E-state index contributed by atoms with van der Waals surface area (Å²) in [6, 6.07) is 6.83. The molecule has 0 saturated carbocycles. The Bertz CT molecular complexity index is 392. The molecule has 0 atom stereocenters. The van der Waals surface area contributed by atoms with E-state index in [9.17, 15) is 0 Å². The summed E-state index contributed by atoms with van der Waals surface area (Å²) < 4.78 is 0.194. The molecule has 0 nitrogen and oxygen atoms in total. The van der Waals surface area contributed by atoms with Crippen molar-refractivity contribution in [1.29, 1.82) is 0 Å². The van der Waals surface area contributed by atoms with Crippen molar-refractivity contribution in [3.63, 3.8) is 0 Å². The summed E-state index contributed by atoms with van der Waals surface area (Å²) in [5.41, 5.74) is 3.05. The maximum absolute atomic E-state index is 2.56. The van der Waals surface area contributed by atoms with Crippen LogP contribution in [0.15, 0.2) is 23.1 Å². The van der Waals surface area contributed by atoms with Gasteiger partial charge in [-0.25, -0.2) is 0 Å². The second kappa shape index (κ2) is 6.47. The van der Waals surface area contributed by atoms with Crippen LogP contribution in [0.5, 0.6) is 0 Å². The Kier molecular flexibility index (Phi) is 5.77. The predicted molar refractivity (Wildman–Crippen MR) is 104 cm³/mol. The lowest BCUT2D eigenvalue weighted by atomic mass is 10.2. The van der Waals surface area contributed by atoms with Crippen molar-refractivity contribution in [3.05, 3.63) is 29.3 Å². The molecule has 0 radical (unpaired) electrons. The molecule has 1 heterocycles. The lowest BCUT2D eigenvalue weighted by molar-refractivity contribution is 0.755. The van der Waals surface area contributed by atoms with Gasteiger partial charge in [-0.15, -0.1) is 0 Å². The van der Waals surface area contributed by atoms with Crippen molar-refractivity contribution in [2.45, 2.75) is 30.5 Å². The first-order valence-corrected chi connectivity index (χ1v) is 10.6. The highest BCUT2D eigenvalue weighted by Crippen LogP contribution is 2.49. The Morgan fingerprint density at radius 1 is 1.06 bits per heavy atom. The zero-order valence-corrected chi connectivity index (χ0v) is 17.1. The smallest absolute Gasteiger partial charge is 0.0613 e. The SMILES string of the molecule is Cc1cccc(C(I)(I)I)c1[S+]1CCCCC1. The van der Waals surface area contributed by atoms with E-state index in [2.05, 4.69) is 92.9 Å². The molecule has 2 rings (SSSR count). The van der Waals surface area contributed by atoms with Crippen LogP contribution >= 0.6 is 67.8 Å². The highest BCUT2D eigenvalue weighted by Gasteiger charge is 2.35. The molecule has 1 aliphatic rings. The fourth-order valence-electron chi connectivity index (χ4n) is 2.29. The van der Waals surface area contributed by atoms with E-state index >= 15 is 0 Å². The van der Waals surface area contributed by atoms with Crippen molar-refractivity contribution in [2.75, 3.05) is 11.5 Å². The quantitative estimate of drug-likeness (QED) is 0.242. The second-order valence-electron chi connectivity index (χ2n) is 4.41. The highest BCUT2D eigenvalue weighted by molar-refractivity contribution is 14.3. The number of rotatable bonds is 2. The fourth-order valence-corrected chi connectivity index (χ4v) is 6.96. The molecule has 1 aromatic rings. The molecule has 0 aliphatic carbocycles. The van der Waals surface area contributed by atoms with E-state index in [1.54, 1.807) is 10.5 Å². The third-order valence-corrected chi connectivity index (χ3v) is 7.51. The molecule has 4 heteroatoms. The average Bonchev–Trinajstić information content (AvgIpc) is 2.28. The van der Waals surface area contributed by atoms with Gasteiger partial charge >= 0.3 is 0 Å². The summed E-state index contributed by atoms with van der Waals surface area (Å²) in [4.78, 5) is 1.67. The van der Waals surface area contributed by atoms with Crippen LogP contribution in [0.4, 0.5) is 0 Å². The summed E-state index contributed by atoms with van der Waals surface area (Å²) >= 11 is 7.68. The van der Waals surface area contributed by atoms with Crippen LogP contribution in [-0.4, -0.2) is 11.5 Å². The van der Waals surface area contributed by atoms with Crippen LogP contribution in [0.2, 0.25) is 0 Å². The average molecular weight is 585 g/mol. The molecule has 0 N–H and O–H groups in total. The molecule has 1 aliphatic heterocycles. The van der Waals surface area contributed by atoms with Gasteiger partial charge in [0.2, 0.25) is 0 Å². The highest BCUT2D eigenvalue weighted by atomic mass is 127. The molecule has 0 unspecified atom stereocenters. The van der Waals surface area contributed by atoms with Crippen LogP contribution in [0.1, 0.15) is 30.4 Å². The number of halogens is 3. The van der Waals surface area contributed by atoms with E-state index in [0.717, 1.165) is 0 Å². The van der Waals surface area contributed by atoms with Crippen molar-refractivity contribution in [1.82, 2.24) is 0 Å². The van der Waals surface area contributed by atoms with Crippen LogP contribution in [0.3, 0.4) is 0 Å². The molecule has 0 bridgehead atoms. The third-order valence-electron chi connectivity index (χ3n) is 3.09.